The van der Waals surface area contributed by atoms with Crippen molar-refractivity contribution in [3.63, 3.8) is 0 Å². The number of rotatable bonds is 2. The van der Waals surface area contributed by atoms with E-state index in [1.54, 1.807) is 17.2 Å². The highest BCUT2D eigenvalue weighted by molar-refractivity contribution is 7.14. The van der Waals surface area contributed by atoms with Gasteiger partial charge in [-0.1, -0.05) is 11.3 Å². The van der Waals surface area contributed by atoms with Crippen LogP contribution in [0.2, 0.25) is 0 Å². The molecule has 2 heterocycles. The van der Waals surface area contributed by atoms with Crippen LogP contribution in [0.15, 0.2) is 18.9 Å². The van der Waals surface area contributed by atoms with Gasteiger partial charge in [-0.25, -0.2) is 9.97 Å². The molecule has 0 aromatic carbocycles. The summed E-state index contributed by atoms with van der Waals surface area (Å²) in [5.41, 5.74) is 0. The first kappa shape index (κ1) is 7.38. The van der Waals surface area contributed by atoms with Crippen molar-refractivity contribution in [3.8, 4) is 5.13 Å². The zero-order chi connectivity index (χ0) is 8.39. The molecule has 0 aliphatic rings. The van der Waals surface area contributed by atoms with Gasteiger partial charge in [0.2, 0.25) is 5.13 Å². The Morgan fingerprint density at radius 3 is 3.08 bits per heavy atom. The Kier molecular flexibility index (Phi) is 1.84. The SMILES string of the molecule is OCc1cnc(-n2cncn2)s1. The van der Waals surface area contributed by atoms with Gasteiger partial charge in [-0.15, -0.1) is 0 Å². The Hall–Kier alpha value is -1.27. The molecule has 0 saturated carbocycles. The standard InChI is InChI=1S/C6H6N4OS/c11-2-5-1-8-6(12-5)10-4-7-3-9-10/h1,3-4,11H,2H2. The van der Waals surface area contributed by atoms with Crippen LogP contribution >= 0.6 is 11.3 Å². The maximum Gasteiger partial charge on any atom is 0.212 e. The zero-order valence-corrected chi connectivity index (χ0v) is 6.90. The third-order valence-corrected chi connectivity index (χ3v) is 2.28. The summed E-state index contributed by atoms with van der Waals surface area (Å²) in [6, 6.07) is 0. The van der Waals surface area contributed by atoms with E-state index < -0.39 is 0 Å². The fraction of sp³-hybridized carbons (Fsp3) is 0.167. The van der Waals surface area contributed by atoms with E-state index in [0.717, 1.165) is 10.0 Å². The lowest BCUT2D eigenvalue weighted by atomic mass is 10.6. The van der Waals surface area contributed by atoms with Crippen molar-refractivity contribution < 1.29 is 5.11 Å². The minimum absolute atomic E-state index is 0.0202. The van der Waals surface area contributed by atoms with Crippen molar-refractivity contribution in [3.05, 3.63) is 23.7 Å². The van der Waals surface area contributed by atoms with E-state index in [2.05, 4.69) is 15.1 Å². The van der Waals surface area contributed by atoms with Crippen LogP contribution in [0.1, 0.15) is 4.88 Å². The summed E-state index contributed by atoms with van der Waals surface area (Å²) in [5.74, 6) is 0. The van der Waals surface area contributed by atoms with Crippen molar-refractivity contribution >= 4 is 11.3 Å². The molecular formula is C6H6N4OS. The molecule has 0 aliphatic heterocycles. The molecule has 0 fully saturated rings. The van der Waals surface area contributed by atoms with Gasteiger partial charge in [-0.3, -0.25) is 0 Å². The molecule has 0 spiro atoms. The minimum atomic E-state index is 0.0202. The lowest BCUT2D eigenvalue weighted by Gasteiger charge is -1.89. The molecule has 0 bridgehead atoms. The smallest absolute Gasteiger partial charge is 0.212 e. The third-order valence-electron chi connectivity index (χ3n) is 1.31. The van der Waals surface area contributed by atoms with Crippen LogP contribution in [0.3, 0.4) is 0 Å². The summed E-state index contributed by atoms with van der Waals surface area (Å²) in [4.78, 5) is 8.66. The maximum atomic E-state index is 8.77. The van der Waals surface area contributed by atoms with E-state index in [1.807, 2.05) is 0 Å². The molecule has 2 aromatic rings. The topological polar surface area (TPSA) is 63.8 Å². The van der Waals surface area contributed by atoms with Gasteiger partial charge in [-0.05, 0) is 0 Å². The lowest BCUT2D eigenvalue weighted by Crippen LogP contribution is -1.91. The lowest BCUT2D eigenvalue weighted by molar-refractivity contribution is 0.285. The monoisotopic (exact) mass is 182 g/mol. The summed E-state index contributed by atoms with van der Waals surface area (Å²) in [7, 11) is 0. The molecule has 0 radical (unpaired) electrons. The molecular weight excluding hydrogens is 176 g/mol. The molecule has 2 aromatic heterocycles. The van der Waals surface area contributed by atoms with Crippen molar-refractivity contribution in [2.45, 2.75) is 6.61 Å². The van der Waals surface area contributed by atoms with E-state index in [1.165, 1.54) is 17.7 Å². The van der Waals surface area contributed by atoms with Crippen molar-refractivity contribution in [1.82, 2.24) is 19.7 Å². The van der Waals surface area contributed by atoms with Crippen molar-refractivity contribution in [2.24, 2.45) is 0 Å². The number of hydrogen-bond acceptors (Lipinski definition) is 5. The molecule has 0 unspecified atom stereocenters. The van der Waals surface area contributed by atoms with Gasteiger partial charge < -0.3 is 5.11 Å². The molecule has 0 aliphatic carbocycles. The largest absolute Gasteiger partial charge is 0.391 e. The average molecular weight is 182 g/mol. The number of aliphatic hydroxyl groups excluding tert-OH is 1. The highest BCUT2D eigenvalue weighted by Gasteiger charge is 2.02. The van der Waals surface area contributed by atoms with Crippen LogP contribution < -0.4 is 0 Å². The van der Waals surface area contributed by atoms with Crippen molar-refractivity contribution in [2.75, 3.05) is 0 Å². The summed E-state index contributed by atoms with van der Waals surface area (Å²) in [6.07, 6.45) is 4.64. The average Bonchev–Trinajstić information content (AvgIpc) is 2.75. The Labute approximate surface area is 72.3 Å². The van der Waals surface area contributed by atoms with Crippen LogP contribution in [0.25, 0.3) is 5.13 Å². The number of nitrogens with zero attached hydrogens (tertiary/aromatic N) is 4. The number of thiazole rings is 1. The van der Waals surface area contributed by atoms with Gasteiger partial charge in [0, 0.05) is 6.20 Å². The Morgan fingerprint density at radius 1 is 1.58 bits per heavy atom. The zero-order valence-electron chi connectivity index (χ0n) is 6.08. The fourth-order valence-electron chi connectivity index (χ4n) is 0.783. The molecule has 2 rings (SSSR count). The van der Waals surface area contributed by atoms with Crippen LogP contribution in [-0.4, -0.2) is 24.9 Å². The molecule has 12 heavy (non-hydrogen) atoms. The van der Waals surface area contributed by atoms with Crippen LogP contribution in [0, 0.1) is 0 Å². The number of aliphatic hydroxyl groups is 1. The van der Waals surface area contributed by atoms with Gasteiger partial charge in [0.15, 0.2) is 0 Å². The molecule has 6 heteroatoms. The maximum absolute atomic E-state index is 8.77. The second-order valence-electron chi connectivity index (χ2n) is 2.11. The Balaban J connectivity index is 2.35. The van der Waals surface area contributed by atoms with E-state index in [9.17, 15) is 0 Å². The molecule has 0 atom stereocenters. The highest BCUT2D eigenvalue weighted by Crippen LogP contribution is 2.15. The summed E-state index contributed by atoms with van der Waals surface area (Å²) in [5, 5.41) is 13.4. The van der Waals surface area contributed by atoms with E-state index in [4.69, 9.17) is 5.11 Å². The Morgan fingerprint density at radius 2 is 2.50 bits per heavy atom. The van der Waals surface area contributed by atoms with E-state index in [0.29, 0.717) is 0 Å². The predicted molar refractivity (Wildman–Crippen MR) is 43.0 cm³/mol. The first-order valence-corrected chi connectivity index (χ1v) is 4.12. The van der Waals surface area contributed by atoms with E-state index >= 15 is 0 Å². The molecule has 62 valence electrons. The van der Waals surface area contributed by atoms with Gasteiger partial charge >= 0.3 is 0 Å². The van der Waals surface area contributed by atoms with E-state index in [-0.39, 0.29) is 6.61 Å². The molecule has 1 N–H and O–H groups in total. The van der Waals surface area contributed by atoms with Gasteiger partial charge in [0.1, 0.15) is 12.7 Å². The summed E-state index contributed by atoms with van der Waals surface area (Å²) in [6.45, 7) is 0.0202. The predicted octanol–water partition coefficient (Wildman–Crippen LogP) is 0.216. The highest BCUT2D eigenvalue weighted by atomic mass is 32.1. The Bertz CT molecular complexity index is 355. The van der Waals surface area contributed by atoms with Gasteiger partial charge in [-0.2, -0.15) is 9.78 Å². The third kappa shape index (κ3) is 1.21. The quantitative estimate of drug-likeness (QED) is 0.721. The van der Waals surface area contributed by atoms with Crippen LogP contribution in [0.4, 0.5) is 0 Å². The summed E-state index contributed by atoms with van der Waals surface area (Å²) < 4.78 is 1.56. The fourth-order valence-corrected chi connectivity index (χ4v) is 1.48. The minimum Gasteiger partial charge on any atom is -0.391 e. The second kappa shape index (κ2) is 3.00. The van der Waals surface area contributed by atoms with Gasteiger partial charge in [0.05, 0.1) is 11.5 Å². The molecule has 5 nitrogen and oxygen atoms in total. The molecule has 0 amide bonds. The first-order valence-electron chi connectivity index (χ1n) is 3.30. The molecule has 0 saturated heterocycles. The van der Waals surface area contributed by atoms with Gasteiger partial charge in [0.25, 0.3) is 0 Å². The number of hydrogen-bond donors (Lipinski definition) is 1. The van der Waals surface area contributed by atoms with Crippen molar-refractivity contribution in [1.29, 1.82) is 0 Å². The van der Waals surface area contributed by atoms with Crippen LogP contribution in [-0.2, 0) is 6.61 Å². The van der Waals surface area contributed by atoms with Crippen LogP contribution in [0.5, 0.6) is 0 Å². The first-order chi connectivity index (χ1) is 5.90. The second-order valence-corrected chi connectivity index (χ2v) is 3.20. The normalized spacial score (nSPS) is 10.4. The number of aromatic nitrogens is 4. The summed E-state index contributed by atoms with van der Waals surface area (Å²) >= 11 is 1.39.